The highest BCUT2D eigenvalue weighted by atomic mass is 35.5. The lowest BCUT2D eigenvalue weighted by Crippen LogP contribution is -2.54. The Morgan fingerprint density at radius 1 is 1.08 bits per heavy atom. The van der Waals surface area contributed by atoms with E-state index in [2.05, 4.69) is 4.90 Å². The van der Waals surface area contributed by atoms with E-state index in [0.717, 1.165) is 11.3 Å². The van der Waals surface area contributed by atoms with Gasteiger partial charge in [0.2, 0.25) is 10.0 Å². The van der Waals surface area contributed by atoms with Crippen molar-refractivity contribution in [3.8, 4) is 0 Å². The van der Waals surface area contributed by atoms with Crippen molar-refractivity contribution in [3.05, 3.63) is 59.1 Å². The molecular weight excluding hydrogens is 344 g/mol. The Morgan fingerprint density at radius 2 is 1.79 bits per heavy atom. The summed E-state index contributed by atoms with van der Waals surface area (Å²) in [5, 5.41) is 0.697. The maximum absolute atomic E-state index is 12.8. The zero-order valence-electron chi connectivity index (χ0n) is 13.8. The molecule has 3 rings (SSSR count). The number of hydrogen-bond acceptors (Lipinski definition) is 3. The van der Waals surface area contributed by atoms with E-state index in [1.807, 2.05) is 38.1 Å². The average molecular weight is 365 g/mol. The number of halogens is 1. The molecule has 2 aromatic rings. The first-order valence-corrected chi connectivity index (χ1v) is 9.79. The Balaban J connectivity index is 1.82. The fourth-order valence-electron chi connectivity index (χ4n) is 3.17. The molecule has 4 nitrogen and oxygen atoms in total. The fourth-order valence-corrected chi connectivity index (χ4v) is 4.97. The Hall–Kier alpha value is -1.56. The van der Waals surface area contributed by atoms with Crippen LogP contribution in [0.15, 0.2) is 53.4 Å². The first-order chi connectivity index (χ1) is 11.4. The van der Waals surface area contributed by atoms with E-state index in [9.17, 15) is 8.42 Å². The highest BCUT2D eigenvalue weighted by Gasteiger charge is 2.33. The molecule has 0 aromatic heterocycles. The summed E-state index contributed by atoms with van der Waals surface area (Å²) in [6, 6.07) is 14.3. The van der Waals surface area contributed by atoms with Crippen LogP contribution in [0.2, 0.25) is 5.02 Å². The molecule has 1 aliphatic heterocycles. The van der Waals surface area contributed by atoms with E-state index in [-0.39, 0.29) is 6.04 Å². The summed E-state index contributed by atoms with van der Waals surface area (Å²) in [5.41, 5.74) is 2.22. The second-order valence-electron chi connectivity index (χ2n) is 6.15. The number of benzene rings is 2. The summed E-state index contributed by atoms with van der Waals surface area (Å²) in [6.45, 7) is 5.76. The third kappa shape index (κ3) is 3.29. The van der Waals surface area contributed by atoms with Crippen molar-refractivity contribution < 1.29 is 8.42 Å². The van der Waals surface area contributed by atoms with E-state index in [0.29, 0.717) is 29.6 Å². The molecule has 0 N–H and O–H groups in total. The van der Waals surface area contributed by atoms with Crippen LogP contribution < -0.4 is 4.90 Å². The van der Waals surface area contributed by atoms with Crippen molar-refractivity contribution in [2.24, 2.45) is 0 Å². The van der Waals surface area contributed by atoms with Crippen molar-refractivity contribution in [3.63, 3.8) is 0 Å². The quantitative estimate of drug-likeness (QED) is 0.836. The SMILES string of the molecule is Cc1ccc(Cl)cc1N1CCN(S(=O)(=O)c2ccccc2)[C@@H](C)C1. The van der Waals surface area contributed by atoms with Gasteiger partial charge in [0, 0.05) is 36.4 Å². The van der Waals surface area contributed by atoms with Gasteiger partial charge >= 0.3 is 0 Å². The highest BCUT2D eigenvalue weighted by molar-refractivity contribution is 7.89. The van der Waals surface area contributed by atoms with Crippen LogP contribution in [-0.2, 0) is 10.0 Å². The third-order valence-corrected chi connectivity index (χ3v) is 6.69. The molecule has 0 aliphatic carbocycles. The van der Waals surface area contributed by atoms with Gasteiger partial charge in [-0.05, 0) is 43.7 Å². The minimum atomic E-state index is -3.45. The molecule has 1 atom stereocenters. The molecule has 2 aromatic carbocycles. The molecule has 1 heterocycles. The Kier molecular flexibility index (Phi) is 4.85. The van der Waals surface area contributed by atoms with Gasteiger partial charge in [0.1, 0.15) is 0 Å². The predicted molar refractivity (Wildman–Crippen MR) is 98.2 cm³/mol. The van der Waals surface area contributed by atoms with Gasteiger partial charge in [-0.3, -0.25) is 0 Å². The van der Waals surface area contributed by atoms with Gasteiger partial charge in [0.05, 0.1) is 4.90 Å². The normalized spacial score (nSPS) is 19.5. The van der Waals surface area contributed by atoms with Crippen LogP contribution in [0.5, 0.6) is 0 Å². The molecule has 24 heavy (non-hydrogen) atoms. The zero-order valence-corrected chi connectivity index (χ0v) is 15.4. The summed E-state index contributed by atoms with van der Waals surface area (Å²) in [7, 11) is -3.45. The van der Waals surface area contributed by atoms with E-state index < -0.39 is 10.0 Å². The molecule has 0 saturated carbocycles. The lowest BCUT2D eigenvalue weighted by molar-refractivity contribution is 0.306. The van der Waals surface area contributed by atoms with Crippen LogP contribution in [0.4, 0.5) is 5.69 Å². The monoisotopic (exact) mass is 364 g/mol. The summed E-state index contributed by atoms with van der Waals surface area (Å²) in [5.74, 6) is 0. The van der Waals surface area contributed by atoms with Crippen LogP contribution >= 0.6 is 11.6 Å². The van der Waals surface area contributed by atoms with E-state index in [4.69, 9.17) is 11.6 Å². The molecule has 1 fully saturated rings. The lowest BCUT2D eigenvalue weighted by atomic mass is 10.1. The maximum atomic E-state index is 12.8. The van der Waals surface area contributed by atoms with Gasteiger partial charge in [-0.2, -0.15) is 4.31 Å². The van der Waals surface area contributed by atoms with Gasteiger partial charge in [0.25, 0.3) is 0 Å². The van der Waals surface area contributed by atoms with Crippen molar-refractivity contribution in [2.75, 3.05) is 24.5 Å². The standard InChI is InChI=1S/C18H21ClN2O2S/c1-14-8-9-16(19)12-18(14)20-10-11-21(15(2)13-20)24(22,23)17-6-4-3-5-7-17/h3-9,12,15H,10-11,13H2,1-2H3/t15-/m0/s1. The molecule has 128 valence electrons. The van der Waals surface area contributed by atoms with Crippen LogP contribution in [0.3, 0.4) is 0 Å². The van der Waals surface area contributed by atoms with Crippen LogP contribution in [-0.4, -0.2) is 38.4 Å². The first-order valence-electron chi connectivity index (χ1n) is 7.97. The average Bonchev–Trinajstić information content (AvgIpc) is 2.57. The molecule has 0 unspecified atom stereocenters. The Labute approximate surface area is 148 Å². The molecule has 0 bridgehead atoms. The molecule has 0 radical (unpaired) electrons. The van der Waals surface area contributed by atoms with Crippen LogP contribution in [0, 0.1) is 6.92 Å². The highest BCUT2D eigenvalue weighted by Crippen LogP contribution is 2.28. The maximum Gasteiger partial charge on any atom is 0.243 e. The van der Waals surface area contributed by atoms with Crippen LogP contribution in [0.1, 0.15) is 12.5 Å². The third-order valence-electron chi connectivity index (χ3n) is 4.43. The van der Waals surface area contributed by atoms with E-state index in [1.54, 1.807) is 28.6 Å². The molecule has 0 amide bonds. The fraction of sp³-hybridized carbons (Fsp3) is 0.333. The second-order valence-corrected chi connectivity index (χ2v) is 8.48. The van der Waals surface area contributed by atoms with Crippen molar-refractivity contribution in [2.45, 2.75) is 24.8 Å². The molecule has 1 saturated heterocycles. The minimum Gasteiger partial charge on any atom is -0.368 e. The minimum absolute atomic E-state index is 0.109. The number of sulfonamides is 1. The van der Waals surface area contributed by atoms with Crippen LogP contribution in [0.25, 0.3) is 0 Å². The number of rotatable bonds is 3. The Bertz CT molecular complexity index is 824. The Morgan fingerprint density at radius 3 is 2.46 bits per heavy atom. The van der Waals surface area contributed by atoms with Crippen molar-refractivity contribution >= 4 is 27.3 Å². The van der Waals surface area contributed by atoms with Crippen molar-refractivity contribution in [1.29, 1.82) is 0 Å². The van der Waals surface area contributed by atoms with Gasteiger partial charge in [-0.15, -0.1) is 0 Å². The van der Waals surface area contributed by atoms with E-state index in [1.165, 1.54) is 0 Å². The van der Waals surface area contributed by atoms with Gasteiger partial charge in [0.15, 0.2) is 0 Å². The zero-order chi connectivity index (χ0) is 17.3. The first kappa shape index (κ1) is 17.3. The number of piperazine rings is 1. The van der Waals surface area contributed by atoms with Gasteiger partial charge < -0.3 is 4.90 Å². The predicted octanol–water partition coefficient (Wildman–Crippen LogP) is 3.55. The topological polar surface area (TPSA) is 40.6 Å². The number of hydrogen-bond donors (Lipinski definition) is 0. The number of aryl methyl sites for hydroxylation is 1. The largest absolute Gasteiger partial charge is 0.368 e. The second kappa shape index (κ2) is 6.75. The number of nitrogens with zero attached hydrogens (tertiary/aromatic N) is 2. The molecule has 6 heteroatoms. The number of anilines is 1. The smallest absolute Gasteiger partial charge is 0.243 e. The van der Waals surface area contributed by atoms with Gasteiger partial charge in [-0.25, -0.2) is 8.42 Å². The van der Waals surface area contributed by atoms with E-state index >= 15 is 0 Å². The molecule has 0 spiro atoms. The summed E-state index contributed by atoms with van der Waals surface area (Å²) in [4.78, 5) is 2.56. The summed E-state index contributed by atoms with van der Waals surface area (Å²) < 4.78 is 27.3. The lowest BCUT2D eigenvalue weighted by Gasteiger charge is -2.40. The van der Waals surface area contributed by atoms with Gasteiger partial charge in [-0.1, -0.05) is 35.9 Å². The summed E-state index contributed by atoms with van der Waals surface area (Å²) >= 11 is 6.12. The molecular formula is C18H21ClN2O2S. The summed E-state index contributed by atoms with van der Waals surface area (Å²) in [6.07, 6.45) is 0. The molecule has 1 aliphatic rings. The van der Waals surface area contributed by atoms with Crippen molar-refractivity contribution in [1.82, 2.24) is 4.31 Å².